The van der Waals surface area contributed by atoms with E-state index < -0.39 is 17.1 Å². The summed E-state index contributed by atoms with van der Waals surface area (Å²) in [7, 11) is 0. The van der Waals surface area contributed by atoms with Gasteiger partial charge in [-0.05, 0) is 78.9 Å². The van der Waals surface area contributed by atoms with E-state index in [-0.39, 0.29) is 11.4 Å². The van der Waals surface area contributed by atoms with Crippen LogP contribution in [0.1, 0.15) is 12.5 Å². The second kappa shape index (κ2) is 10.7. The summed E-state index contributed by atoms with van der Waals surface area (Å²) in [6, 6.07) is 23.4. The van der Waals surface area contributed by atoms with Crippen LogP contribution >= 0.6 is 11.8 Å². The lowest BCUT2D eigenvalue weighted by atomic mass is 10.2. The van der Waals surface area contributed by atoms with E-state index in [0.29, 0.717) is 35.1 Å². The van der Waals surface area contributed by atoms with Crippen molar-refractivity contribution in [2.75, 3.05) is 18.5 Å². The molecule has 1 heterocycles. The van der Waals surface area contributed by atoms with Crippen molar-refractivity contribution in [3.63, 3.8) is 0 Å². The van der Waals surface area contributed by atoms with Crippen LogP contribution in [0.5, 0.6) is 17.2 Å². The molecule has 34 heavy (non-hydrogen) atoms. The molecule has 3 amide bonds. The van der Waals surface area contributed by atoms with Gasteiger partial charge in [0.25, 0.3) is 11.1 Å². The Morgan fingerprint density at radius 1 is 0.941 bits per heavy atom. The summed E-state index contributed by atoms with van der Waals surface area (Å²) in [5.41, 5.74) is 1.25. The van der Waals surface area contributed by atoms with Gasteiger partial charge in [-0.3, -0.25) is 19.3 Å². The first-order valence-electron chi connectivity index (χ1n) is 10.6. The first-order chi connectivity index (χ1) is 16.5. The molecule has 1 aliphatic heterocycles. The van der Waals surface area contributed by atoms with Gasteiger partial charge >= 0.3 is 0 Å². The molecule has 3 aromatic carbocycles. The standard InChI is InChI=1S/C26H22N2O5S/c1-2-32-20-13-11-19(12-14-20)27-24(29)17-28-25(30)23(34-26(28)31)16-18-7-6-10-22(15-18)33-21-8-4-3-5-9-21/h3-16H,2,17H2,1H3,(H,27,29). The van der Waals surface area contributed by atoms with Gasteiger partial charge in [-0.15, -0.1) is 0 Å². The number of nitrogens with one attached hydrogen (secondary N) is 1. The van der Waals surface area contributed by atoms with E-state index in [1.807, 2.05) is 43.3 Å². The van der Waals surface area contributed by atoms with Gasteiger partial charge in [-0.2, -0.15) is 0 Å². The Morgan fingerprint density at radius 3 is 2.41 bits per heavy atom. The SMILES string of the molecule is CCOc1ccc(NC(=O)CN2C(=O)SC(=Cc3cccc(Oc4ccccc4)c3)C2=O)cc1. The average Bonchev–Trinajstić information content (AvgIpc) is 3.08. The first-order valence-corrected chi connectivity index (χ1v) is 11.4. The summed E-state index contributed by atoms with van der Waals surface area (Å²) in [6.45, 7) is 2.06. The summed E-state index contributed by atoms with van der Waals surface area (Å²) in [6.07, 6.45) is 1.62. The van der Waals surface area contributed by atoms with Gasteiger partial charge in [-0.1, -0.05) is 30.3 Å². The molecule has 4 rings (SSSR count). The fourth-order valence-corrected chi connectivity index (χ4v) is 4.06. The van der Waals surface area contributed by atoms with Gasteiger partial charge in [0.05, 0.1) is 11.5 Å². The molecule has 8 heteroatoms. The lowest BCUT2D eigenvalue weighted by molar-refractivity contribution is -0.127. The number of carbonyl (C=O) groups is 3. The van der Waals surface area contributed by atoms with Gasteiger partial charge in [0.1, 0.15) is 23.8 Å². The largest absolute Gasteiger partial charge is 0.494 e. The lowest BCUT2D eigenvalue weighted by Gasteiger charge is -2.12. The third-order valence-electron chi connectivity index (χ3n) is 4.76. The highest BCUT2D eigenvalue weighted by Crippen LogP contribution is 2.33. The highest BCUT2D eigenvalue weighted by Gasteiger charge is 2.36. The van der Waals surface area contributed by atoms with Crippen LogP contribution in [-0.2, 0) is 9.59 Å². The second-order valence-corrected chi connectivity index (χ2v) is 8.25. The highest BCUT2D eigenvalue weighted by molar-refractivity contribution is 8.18. The fraction of sp³-hybridized carbons (Fsp3) is 0.115. The maximum Gasteiger partial charge on any atom is 0.294 e. The van der Waals surface area contributed by atoms with Crippen LogP contribution in [0.25, 0.3) is 6.08 Å². The summed E-state index contributed by atoms with van der Waals surface area (Å²) in [5.74, 6) is 1.01. The van der Waals surface area contributed by atoms with E-state index in [9.17, 15) is 14.4 Å². The van der Waals surface area contributed by atoms with Crippen molar-refractivity contribution in [1.29, 1.82) is 0 Å². The van der Waals surface area contributed by atoms with Gasteiger partial charge in [-0.25, -0.2) is 0 Å². The number of amides is 3. The van der Waals surface area contributed by atoms with Gasteiger partial charge in [0.2, 0.25) is 5.91 Å². The van der Waals surface area contributed by atoms with Crippen molar-refractivity contribution in [3.05, 3.63) is 89.3 Å². The zero-order chi connectivity index (χ0) is 23.9. The van der Waals surface area contributed by atoms with E-state index in [1.165, 1.54) is 0 Å². The summed E-state index contributed by atoms with van der Waals surface area (Å²) >= 11 is 0.803. The second-order valence-electron chi connectivity index (χ2n) is 7.26. The Kier molecular flexibility index (Phi) is 7.29. The third-order valence-corrected chi connectivity index (χ3v) is 5.67. The van der Waals surface area contributed by atoms with E-state index in [0.717, 1.165) is 16.7 Å². The number of rotatable bonds is 8. The zero-order valence-electron chi connectivity index (χ0n) is 18.4. The van der Waals surface area contributed by atoms with Gasteiger partial charge < -0.3 is 14.8 Å². The Hall–Kier alpha value is -4.04. The molecular formula is C26H22N2O5S. The maximum atomic E-state index is 12.8. The van der Waals surface area contributed by atoms with Gasteiger partial charge in [0, 0.05) is 5.69 Å². The topological polar surface area (TPSA) is 84.9 Å². The summed E-state index contributed by atoms with van der Waals surface area (Å²) in [5, 5.41) is 2.20. The molecule has 0 bridgehead atoms. The van der Waals surface area contributed by atoms with Crippen molar-refractivity contribution in [2.24, 2.45) is 0 Å². The molecule has 172 valence electrons. The molecule has 0 aromatic heterocycles. The fourth-order valence-electron chi connectivity index (χ4n) is 3.23. The van der Waals surface area contributed by atoms with Crippen LogP contribution in [0.15, 0.2) is 83.8 Å². The molecule has 3 aromatic rings. The zero-order valence-corrected chi connectivity index (χ0v) is 19.2. The Labute approximate surface area is 201 Å². The van der Waals surface area contributed by atoms with Crippen molar-refractivity contribution in [3.8, 4) is 17.2 Å². The minimum Gasteiger partial charge on any atom is -0.494 e. The molecule has 1 saturated heterocycles. The molecule has 0 aliphatic carbocycles. The number of thioether (sulfide) groups is 1. The number of hydrogen-bond donors (Lipinski definition) is 1. The van der Waals surface area contributed by atoms with Crippen molar-refractivity contribution < 1.29 is 23.9 Å². The number of para-hydroxylation sites is 1. The normalized spacial score (nSPS) is 14.4. The molecule has 1 fully saturated rings. The van der Waals surface area contributed by atoms with Crippen LogP contribution in [0.3, 0.4) is 0 Å². The maximum absolute atomic E-state index is 12.8. The van der Waals surface area contributed by atoms with Crippen molar-refractivity contribution in [1.82, 2.24) is 4.90 Å². The van der Waals surface area contributed by atoms with Crippen LogP contribution < -0.4 is 14.8 Å². The third kappa shape index (κ3) is 5.85. The van der Waals surface area contributed by atoms with Crippen LogP contribution in [-0.4, -0.2) is 35.1 Å². The lowest BCUT2D eigenvalue weighted by Crippen LogP contribution is -2.36. The minimum atomic E-state index is -0.508. The van der Waals surface area contributed by atoms with E-state index >= 15 is 0 Å². The van der Waals surface area contributed by atoms with E-state index in [4.69, 9.17) is 9.47 Å². The van der Waals surface area contributed by atoms with Crippen molar-refractivity contribution in [2.45, 2.75) is 6.92 Å². The number of ether oxygens (including phenoxy) is 2. The number of nitrogens with zero attached hydrogens (tertiary/aromatic N) is 1. The number of anilines is 1. The van der Waals surface area contributed by atoms with Crippen LogP contribution in [0, 0.1) is 0 Å². The van der Waals surface area contributed by atoms with Crippen LogP contribution in [0.2, 0.25) is 0 Å². The number of hydrogen-bond acceptors (Lipinski definition) is 6. The Bertz CT molecular complexity index is 1230. The Balaban J connectivity index is 1.40. The first kappa shape index (κ1) is 23.1. The minimum absolute atomic E-state index is 0.246. The number of imide groups is 1. The van der Waals surface area contributed by atoms with E-state index in [1.54, 1.807) is 48.5 Å². The molecule has 0 spiro atoms. The monoisotopic (exact) mass is 474 g/mol. The number of benzene rings is 3. The Morgan fingerprint density at radius 2 is 1.68 bits per heavy atom. The van der Waals surface area contributed by atoms with Crippen molar-refractivity contribution >= 4 is 40.6 Å². The summed E-state index contributed by atoms with van der Waals surface area (Å²) in [4.78, 5) is 38.8. The van der Waals surface area contributed by atoms with E-state index in [2.05, 4.69) is 5.32 Å². The molecule has 0 radical (unpaired) electrons. The highest BCUT2D eigenvalue weighted by atomic mass is 32.2. The summed E-state index contributed by atoms with van der Waals surface area (Å²) < 4.78 is 11.2. The molecular weight excluding hydrogens is 452 g/mol. The molecule has 1 N–H and O–H groups in total. The quantitative estimate of drug-likeness (QED) is 0.431. The molecule has 7 nitrogen and oxygen atoms in total. The number of carbonyl (C=O) groups excluding carboxylic acids is 3. The van der Waals surface area contributed by atoms with Crippen LogP contribution in [0.4, 0.5) is 10.5 Å². The molecule has 0 atom stereocenters. The molecule has 0 unspecified atom stereocenters. The average molecular weight is 475 g/mol. The molecule has 0 saturated carbocycles. The molecule has 1 aliphatic rings. The predicted molar refractivity (Wildman–Crippen MR) is 132 cm³/mol. The smallest absolute Gasteiger partial charge is 0.294 e. The predicted octanol–water partition coefficient (Wildman–Crippen LogP) is 5.55. The van der Waals surface area contributed by atoms with Gasteiger partial charge in [0.15, 0.2) is 0 Å².